The van der Waals surface area contributed by atoms with E-state index in [1.165, 1.54) is 0 Å². The summed E-state index contributed by atoms with van der Waals surface area (Å²) in [5, 5.41) is 6.22. The molecule has 2 rings (SSSR count). The Hall–Kier alpha value is 0.0600. The second kappa shape index (κ2) is 5.68. The van der Waals surface area contributed by atoms with Crippen molar-refractivity contribution in [2.75, 3.05) is 32.8 Å². The van der Waals surface area contributed by atoms with Crippen molar-refractivity contribution < 1.29 is 0 Å². The maximum atomic E-state index is 3.74. The first-order valence-electron chi connectivity index (χ1n) is 3.82. The fourth-order valence-electron chi connectivity index (χ4n) is 0.841. The molecule has 0 aromatic rings. The average molecular weight is 176 g/mol. The highest BCUT2D eigenvalue weighted by molar-refractivity contribution is 8.10. The van der Waals surface area contributed by atoms with E-state index in [1.54, 1.807) is 0 Å². The average Bonchev–Trinajstić information content (AvgIpc) is 2.57. The SMILES string of the molecule is C1CNCN1.C=S1NCCN1. The lowest BCUT2D eigenvalue weighted by molar-refractivity contribution is 0.807. The van der Waals surface area contributed by atoms with Crippen molar-refractivity contribution in [2.24, 2.45) is 0 Å². The van der Waals surface area contributed by atoms with Gasteiger partial charge in [-0.25, -0.2) is 0 Å². The maximum absolute atomic E-state index is 3.74. The molecule has 0 atom stereocenters. The van der Waals surface area contributed by atoms with Crippen LogP contribution in [0.5, 0.6) is 0 Å². The molecule has 0 aromatic carbocycles. The molecule has 2 heterocycles. The van der Waals surface area contributed by atoms with Crippen molar-refractivity contribution in [1.82, 2.24) is 20.1 Å². The van der Waals surface area contributed by atoms with Gasteiger partial charge in [0.1, 0.15) is 0 Å². The normalized spacial score (nSPS) is 24.7. The van der Waals surface area contributed by atoms with Crippen LogP contribution in [0.2, 0.25) is 0 Å². The quantitative estimate of drug-likeness (QED) is 0.352. The molecule has 4 nitrogen and oxygen atoms in total. The lowest BCUT2D eigenvalue weighted by Gasteiger charge is -1.89. The summed E-state index contributed by atoms with van der Waals surface area (Å²) in [7, 11) is 0.0772. The zero-order valence-electron chi connectivity index (χ0n) is 6.65. The lowest BCUT2D eigenvalue weighted by Crippen LogP contribution is -2.11. The Morgan fingerprint density at radius 3 is 1.64 bits per heavy atom. The molecular formula is C6H16N4S. The molecule has 2 fully saturated rings. The van der Waals surface area contributed by atoms with Gasteiger partial charge in [0.2, 0.25) is 0 Å². The van der Waals surface area contributed by atoms with Gasteiger partial charge in [0, 0.05) is 32.8 Å². The van der Waals surface area contributed by atoms with E-state index < -0.39 is 0 Å². The number of hydrogen-bond acceptors (Lipinski definition) is 4. The molecule has 5 heteroatoms. The molecular weight excluding hydrogens is 160 g/mol. The van der Waals surface area contributed by atoms with Crippen molar-refractivity contribution in [3.63, 3.8) is 0 Å². The van der Waals surface area contributed by atoms with Gasteiger partial charge in [-0.2, -0.15) is 0 Å². The van der Waals surface area contributed by atoms with Crippen molar-refractivity contribution in [3.05, 3.63) is 0 Å². The van der Waals surface area contributed by atoms with E-state index in [0.29, 0.717) is 0 Å². The van der Waals surface area contributed by atoms with Crippen LogP contribution in [0.3, 0.4) is 0 Å². The van der Waals surface area contributed by atoms with Crippen LogP contribution < -0.4 is 20.1 Å². The molecule has 2 saturated heterocycles. The summed E-state index contributed by atoms with van der Waals surface area (Å²) >= 11 is 0. The molecule has 66 valence electrons. The highest BCUT2D eigenvalue weighted by atomic mass is 32.2. The summed E-state index contributed by atoms with van der Waals surface area (Å²) in [5.74, 6) is 3.74. The highest BCUT2D eigenvalue weighted by Gasteiger charge is 1.95. The molecule has 2 aliphatic rings. The lowest BCUT2D eigenvalue weighted by atomic mass is 10.7. The predicted molar refractivity (Wildman–Crippen MR) is 51.6 cm³/mol. The van der Waals surface area contributed by atoms with Crippen molar-refractivity contribution >= 4 is 16.7 Å². The Morgan fingerprint density at radius 2 is 1.45 bits per heavy atom. The minimum Gasteiger partial charge on any atom is -0.303 e. The fourth-order valence-corrected chi connectivity index (χ4v) is 1.64. The Bertz CT molecular complexity index is 108. The molecule has 0 aromatic heterocycles. The van der Waals surface area contributed by atoms with E-state index in [4.69, 9.17) is 0 Å². The van der Waals surface area contributed by atoms with Crippen LogP contribution in [0.1, 0.15) is 0 Å². The Kier molecular flexibility index (Phi) is 4.72. The first kappa shape index (κ1) is 9.15. The van der Waals surface area contributed by atoms with Gasteiger partial charge in [0.15, 0.2) is 0 Å². The van der Waals surface area contributed by atoms with Crippen molar-refractivity contribution in [1.29, 1.82) is 0 Å². The van der Waals surface area contributed by atoms with E-state index in [1.807, 2.05) is 0 Å². The zero-order chi connectivity index (χ0) is 7.94. The van der Waals surface area contributed by atoms with E-state index >= 15 is 0 Å². The largest absolute Gasteiger partial charge is 0.303 e. The highest BCUT2D eigenvalue weighted by Crippen LogP contribution is 1.97. The van der Waals surface area contributed by atoms with Crippen LogP contribution in [0.25, 0.3) is 0 Å². The van der Waals surface area contributed by atoms with Crippen LogP contribution in [-0.4, -0.2) is 38.7 Å². The first-order valence-corrected chi connectivity index (χ1v) is 5.21. The van der Waals surface area contributed by atoms with Gasteiger partial charge in [-0.05, 0) is 5.87 Å². The van der Waals surface area contributed by atoms with E-state index in [-0.39, 0.29) is 10.9 Å². The fraction of sp³-hybridized carbons (Fsp3) is 0.833. The van der Waals surface area contributed by atoms with E-state index in [9.17, 15) is 0 Å². The van der Waals surface area contributed by atoms with E-state index in [2.05, 4.69) is 25.9 Å². The second-order valence-electron chi connectivity index (χ2n) is 2.36. The third-order valence-corrected chi connectivity index (χ3v) is 2.51. The van der Waals surface area contributed by atoms with Crippen LogP contribution in [0.4, 0.5) is 0 Å². The van der Waals surface area contributed by atoms with Crippen LogP contribution >= 0.6 is 10.9 Å². The van der Waals surface area contributed by atoms with Crippen molar-refractivity contribution in [3.8, 4) is 0 Å². The third-order valence-electron chi connectivity index (χ3n) is 1.41. The minimum atomic E-state index is 0.0772. The second-order valence-corrected chi connectivity index (χ2v) is 3.72. The van der Waals surface area contributed by atoms with Gasteiger partial charge in [-0.15, -0.1) is 0 Å². The Labute approximate surface area is 70.3 Å². The molecule has 0 spiro atoms. The van der Waals surface area contributed by atoms with Gasteiger partial charge in [0.05, 0.1) is 0 Å². The third kappa shape index (κ3) is 4.49. The molecule has 4 N–H and O–H groups in total. The molecule has 0 bridgehead atoms. The monoisotopic (exact) mass is 176 g/mol. The van der Waals surface area contributed by atoms with E-state index in [0.717, 1.165) is 32.8 Å². The molecule has 0 radical (unpaired) electrons. The molecule has 11 heavy (non-hydrogen) atoms. The molecule has 0 aliphatic carbocycles. The number of nitrogens with one attached hydrogen (secondary N) is 4. The Balaban J connectivity index is 0.000000112. The summed E-state index contributed by atoms with van der Waals surface area (Å²) in [4.78, 5) is 0. The number of rotatable bonds is 0. The summed E-state index contributed by atoms with van der Waals surface area (Å²) < 4.78 is 6.25. The topological polar surface area (TPSA) is 48.1 Å². The predicted octanol–water partition coefficient (Wildman–Crippen LogP) is -1.15. The van der Waals surface area contributed by atoms with Gasteiger partial charge in [-0.1, -0.05) is 10.9 Å². The summed E-state index contributed by atoms with van der Waals surface area (Å²) in [6.07, 6.45) is 0. The molecule has 0 unspecified atom stereocenters. The minimum absolute atomic E-state index is 0.0772. The van der Waals surface area contributed by atoms with Crippen LogP contribution in [-0.2, 0) is 0 Å². The number of hydrogen-bond donors (Lipinski definition) is 4. The van der Waals surface area contributed by atoms with Gasteiger partial charge in [0.25, 0.3) is 0 Å². The van der Waals surface area contributed by atoms with Gasteiger partial charge in [-0.3, -0.25) is 9.44 Å². The van der Waals surface area contributed by atoms with Gasteiger partial charge < -0.3 is 10.6 Å². The molecule has 0 saturated carbocycles. The molecule has 2 aliphatic heterocycles. The van der Waals surface area contributed by atoms with Crippen LogP contribution in [0, 0.1) is 0 Å². The maximum Gasteiger partial charge on any atom is 0.0455 e. The summed E-state index contributed by atoms with van der Waals surface area (Å²) in [5.41, 5.74) is 0. The first-order chi connectivity index (χ1) is 5.39. The summed E-state index contributed by atoms with van der Waals surface area (Å²) in [6, 6.07) is 0. The standard InChI is InChI=1S/C3H8N2S.C3H8N2/c1-6-4-2-3-5-6;1-2-5-3-4-1/h4-5H,1-3H2;4-5H,1-3H2. The summed E-state index contributed by atoms with van der Waals surface area (Å²) in [6.45, 7) is 5.43. The molecule has 0 amide bonds. The van der Waals surface area contributed by atoms with Crippen molar-refractivity contribution in [2.45, 2.75) is 0 Å². The smallest absolute Gasteiger partial charge is 0.0455 e. The van der Waals surface area contributed by atoms with Gasteiger partial charge >= 0.3 is 0 Å². The zero-order valence-corrected chi connectivity index (χ0v) is 7.47. The van der Waals surface area contributed by atoms with Crippen LogP contribution in [0.15, 0.2) is 0 Å². The Morgan fingerprint density at radius 1 is 0.909 bits per heavy atom.